The van der Waals surface area contributed by atoms with Gasteiger partial charge in [0.25, 0.3) is 0 Å². The van der Waals surface area contributed by atoms with E-state index in [2.05, 4.69) is 5.10 Å². The molecule has 0 saturated heterocycles. The second-order valence-electron chi connectivity index (χ2n) is 5.82. The molecule has 0 aliphatic heterocycles. The topological polar surface area (TPSA) is 53.4 Å². The van der Waals surface area contributed by atoms with Gasteiger partial charge in [-0.3, -0.25) is 4.79 Å². The van der Waals surface area contributed by atoms with Crippen molar-refractivity contribution in [3.05, 3.63) is 71.0 Å². The summed E-state index contributed by atoms with van der Waals surface area (Å²) in [6.45, 7) is 4.43. The van der Waals surface area contributed by atoms with Crippen molar-refractivity contribution < 1.29 is 14.3 Å². The molecule has 0 radical (unpaired) electrons. The molecule has 0 aliphatic rings. The molecule has 0 aliphatic carbocycles. The van der Waals surface area contributed by atoms with E-state index in [0.29, 0.717) is 23.7 Å². The number of hydrogen-bond donors (Lipinski definition) is 0. The molecule has 0 saturated carbocycles. The molecule has 1 aromatic heterocycles. The highest BCUT2D eigenvalue weighted by molar-refractivity contribution is 5.76. The van der Waals surface area contributed by atoms with Gasteiger partial charge in [0.1, 0.15) is 12.9 Å². The van der Waals surface area contributed by atoms with E-state index >= 15 is 0 Å². The maximum Gasteiger partial charge on any atom is 0.161 e. The lowest BCUT2D eigenvalue weighted by Crippen LogP contribution is -2.01. The number of methoxy groups -OCH3 is 1. The highest BCUT2D eigenvalue weighted by atomic mass is 16.5. The van der Waals surface area contributed by atoms with E-state index in [-0.39, 0.29) is 0 Å². The van der Waals surface area contributed by atoms with Crippen LogP contribution in [-0.2, 0) is 6.61 Å². The van der Waals surface area contributed by atoms with Crippen molar-refractivity contribution in [1.82, 2.24) is 9.78 Å². The summed E-state index contributed by atoms with van der Waals surface area (Å²) in [5, 5.41) is 4.48. The first-order valence-corrected chi connectivity index (χ1v) is 7.99. The largest absolute Gasteiger partial charge is 0.493 e. The Kier molecular flexibility index (Phi) is 4.84. The molecule has 25 heavy (non-hydrogen) atoms. The first kappa shape index (κ1) is 16.8. The SMILES string of the molecule is COc1cc(C=O)ccc1OCc1ccc(-n2nc(C)cc2C)cc1. The van der Waals surface area contributed by atoms with Crippen molar-refractivity contribution in [3.63, 3.8) is 0 Å². The Balaban J connectivity index is 1.72. The Hall–Kier alpha value is -3.08. The van der Waals surface area contributed by atoms with Gasteiger partial charge in [0, 0.05) is 11.3 Å². The highest BCUT2D eigenvalue weighted by Crippen LogP contribution is 2.28. The monoisotopic (exact) mass is 336 g/mol. The molecule has 3 aromatic rings. The average molecular weight is 336 g/mol. The standard InChI is InChI=1S/C20H20N2O3/c1-14-10-15(2)22(21-14)18-7-4-16(5-8-18)13-25-19-9-6-17(12-23)11-20(19)24-3/h4-12H,13H2,1-3H3. The summed E-state index contributed by atoms with van der Waals surface area (Å²) in [5.74, 6) is 1.15. The zero-order valence-electron chi connectivity index (χ0n) is 14.5. The normalized spacial score (nSPS) is 10.5. The predicted molar refractivity (Wildman–Crippen MR) is 95.8 cm³/mol. The van der Waals surface area contributed by atoms with E-state index in [0.717, 1.165) is 28.9 Å². The molecule has 0 spiro atoms. The van der Waals surface area contributed by atoms with Crippen molar-refractivity contribution in [2.24, 2.45) is 0 Å². The molecule has 3 rings (SSSR count). The number of carbonyl (C=O) groups is 1. The fourth-order valence-corrected chi connectivity index (χ4v) is 2.66. The third-order valence-corrected chi connectivity index (χ3v) is 3.91. The van der Waals surface area contributed by atoms with Crippen LogP contribution in [0.3, 0.4) is 0 Å². The molecule has 5 heteroatoms. The summed E-state index contributed by atoms with van der Waals surface area (Å²) >= 11 is 0. The van der Waals surface area contributed by atoms with Gasteiger partial charge in [-0.1, -0.05) is 12.1 Å². The lowest BCUT2D eigenvalue weighted by Gasteiger charge is -2.11. The Bertz CT molecular complexity index is 882. The van der Waals surface area contributed by atoms with Crippen LogP contribution in [0, 0.1) is 13.8 Å². The van der Waals surface area contributed by atoms with Crippen LogP contribution in [0.1, 0.15) is 27.3 Å². The minimum absolute atomic E-state index is 0.411. The zero-order valence-corrected chi connectivity index (χ0v) is 14.5. The van der Waals surface area contributed by atoms with Crippen LogP contribution >= 0.6 is 0 Å². The van der Waals surface area contributed by atoms with Gasteiger partial charge in [-0.05, 0) is 55.8 Å². The van der Waals surface area contributed by atoms with Gasteiger partial charge in [0.15, 0.2) is 11.5 Å². The van der Waals surface area contributed by atoms with Crippen molar-refractivity contribution in [1.29, 1.82) is 0 Å². The molecular weight excluding hydrogens is 316 g/mol. The molecule has 2 aromatic carbocycles. The molecular formula is C20H20N2O3. The van der Waals surface area contributed by atoms with Gasteiger partial charge in [-0.2, -0.15) is 5.10 Å². The average Bonchev–Trinajstić information content (AvgIpc) is 2.98. The molecule has 5 nitrogen and oxygen atoms in total. The third-order valence-electron chi connectivity index (χ3n) is 3.91. The predicted octanol–water partition coefficient (Wildman–Crippen LogP) is 3.89. The molecule has 0 N–H and O–H groups in total. The lowest BCUT2D eigenvalue weighted by atomic mass is 10.2. The second-order valence-corrected chi connectivity index (χ2v) is 5.82. The number of rotatable bonds is 6. The molecule has 0 unspecified atom stereocenters. The van der Waals surface area contributed by atoms with Crippen LogP contribution in [0.4, 0.5) is 0 Å². The van der Waals surface area contributed by atoms with E-state index in [1.54, 1.807) is 25.3 Å². The minimum Gasteiger partial charge on any atom is -0.493 e. The van der Waals surface area contributed by atoms with Crippen LogP contribution in [0.15, 0.2) is 48.5 Å². The first-order chi connectivity index (χ1) is 12.1. The van der Waals surface area contributed by atoms with Crippen molar-refractivity contribution in [3.8, 4) is 17.2 Å². The number of aldehydes is 1. The molecule has 0 amide bonds. The van der Waals surface area contributed by atoms with Crippen LogP contribution in [0.25, 0.3) is 5.69 Å². The number of benzene rings is 2. The van der Waals surface area contributed by atoms with Crippen LogP contribution < -0.4 is 9.47 Å². The Morgan fingerprint density at radius 1 is 1.04 bits per heavy atom. The summed E-state index contributed by atoms with van der Waals surface area (Å²) in [4.78, 5) is 10.8. The Labute approximate surface area is 146 Å². The number of ether oxygens (including phenoxy) is 2. The van der Waals surface area contributed by atoms with Gasteiger partial charge in [-0.15, -0.1) is 0 Å². The van der Waals surface area contributed by atoms with Gasteiger partial charge < -0.3 is 9.47 Å². The van der Waals surface area contributed by atoms with Crippen LogP contribution in [0.5, 0.6) is 11.5 Å². The number of carbonyl (C=O) groups excluding carboxylic acids is 1. The Morgan fingerprint density at radius 2 is 1.80 bits per heavy atom. The molecule has 0 atom stereocenters. The van der Waals surface area contributed by atoms with E-state index in [9.17, 15) is 4.79 Å². The third kappa shape index (κ3) is 3.71. The van der Waals surface area contributed by atoms with Crippen molar-refractivity contribution in [2.45, 2.75) is 20.5 Å². The summed E-state index contributed by atoms with van der Waals surface area (Å²) < 4.78 is 13.0. The number of nitrogens with zero attached hydrogens (tertiary/aromatic N) is 2. The van der Waals surface area contributed by atoms with E-state index in [4.69, 9.17) is 9.47 Å². The lowest BCUT2D eigenvalue weighted by molar-refractivity contribution is 0.112. The van der Waals surface area contributed by atoms with Gasteiger partial charge >= 0.3 is 0 Å². The van der Waals surface area contributed by atoms with Crippen LogP contribution in [0.2, 0.25) is 0 Å². The van der Waals surface area contributed by atoms with Crippen molar-refractivity contribution >= 4 is 6.29 Å². The van der Waals surface area contributed by atoms with Crippen LogP contribution in [-0.4, -0.2) is 23.2 Å². The van der Waals surface area contributed by atoms with Gasteiger partial charge in [0.2, 0.25) is 0 Å². The number of aryl methyl sites for hydroxylation is 2. The van der Waals surface area contributed by atoms with E-state index < -0.39 is 0 Å². The molecule has 0 fully saturated rings. The Morgan fingerprint density at radius 3 is 2.40 bits per heavy atom. The second kappa shape index (κ2) is 7.21. The summed E-state index contributed by atoms with van der Waals surface area (Å²) in [5.41, 5.74) is 4.70. The summed E-state index contributed by atoms with van der Waals surface area (Å²) in [6.07, 6.45) is 0.782. The number of aromatic nitrogens is 2. The maximum atomic E-state index is 10.8. The van der Waals surface area contributed by atoms with Gasteiger partial charge in [0.05, 0.1) is 18.5 Å². The summed E-state index contributed by atoms with van der Waals surface area (Å²) in [7, 11) is 1.56. The zero-order chi connectivity index (χ0) is 17.8. The van der Waals surface area contributed by atoms with E-state index in [1.807, 2.05) is 48.9 Å². The summed E-state index contributed by atoms with van der Waals surface area (Å²) in [6, 6.07) is 15.2. The quantitative estimate of drug-likeness (QED) is 0.641. The first-order valence-electron chi connectivity index (χ1n) is 7.99. The minimum atomic E-state index is 0.411. The fraction of sp³-hybridized carbons (Fsp3) is 0.200. The molecule has 128 valence electrons. The smallest absolute Gasteiger partial charge is 0.161 e. The fourth-order valence-electron chi connectivity index (χ4n) is 2.66. The molecule has 1 heterocycles. The van der Waals surface area contributed by atoms with Crippen molar-refractivity contribution in [2.75, 3.05) is 7.11 Å². The van der Waals surface area contributed by atoms with Gasteiger partial charge in [-0.25, -0.2) is 4.68 Å². The van der Waals surface area contributed by atoms with E-state index in [1.165, 1.54) is 0 Å². The molecule has 0 bridgehead atoms. The highest BCUT2D eigenvalue weighted by Gasteiger charge is 2.07. The maximum absolute atomic E-state index is 10.8. The number of hydrogen-bond acceptors (Lipinski definition) is 4.